The molecule has 0 spiro atoms. The molecule has 0 saturated heterocycles. The first kappa shape index (κ1) is 19.0. The van der Waals surface area contributed by atoms with E-state index in [1.54, 1.807) is 14.2 Å². The van der Waals surface area contributed by atoms with Crippen LogP contribution in [0.25, 0.3) is 0 Å². The number of guanidine groups is 1. The Morgan fingerprint density at radius 3 is 2.40 bits per heavy atom. The number of nitrogens with zero attached hydrogens (tertiary/aromatic N) is 1. The van der Waals surface area contributed by atoms with E-state index < -0.39 is 0 Å². The van der Waals surface area contributed by atoms with Crippen molar-refractivity contribution in [2.75, 3.05) is 20.7 Å². The van der Waals surface area contributed by atoms with Crippen molar-refractivity contribution in [3.05, 3.63) is 29.8 Å². The molecule has 0 aromatic heterocycles. The van der Waals surface area contributed by atoms with E-state index >= 15 is 0 Å². The quantitative estimate of drug-likeness (QED) is 0.339. The fourth-order valence-corrected chi connectivity index (χ4v) is 1.76. The predicted molar refractivity (Wildman–Crippen MR) is 96.4 cm³/mol. The van der Waals surface area contributed by atoms with Crippen LogP contribution in [0.2, 0.25) is 0 Å². The lowest BCUT2D eigenvalue weighted by Crippen LogP contribution is -2.41. The summed E-state index contributed by atoms with van der Waals surface area (Å²) in [5.74, 6) is 1.77. The molecule has 0 aliphatic carbocycles. The molecule has 0 heterocycles. The van der Waals surface area contributed by atoms with Gasteiger partial charge in [0.25, 0.3) is 0 Å². The maximum absolute atomic E-state index is 5.14. The first-order valence-corrected chi connectivity index (χ1v) is 6.76. The number of nitrogens with one attached hydrogen (secondary N) is 2. The highest BCUT2D eigenvalue weighted by molar-refractivity contribution is 14.0. The van der Waals surface area contributed by atoms with Gasteiger partial charge in [0.15, 0.2) is 5.96 Å². The summed E-state index contributed by atoms with van der Waals surface area (Å²) >= 11 is 0. The van der Waals surface area contributed by atoms with Gasteiger partial charge in [-0.15, -0.1) is 24.0 Å². The van der Waals surface area contributed by atoms with E-state index in [1.807, 2.05) is 12.1 Å². The Morgan fingerprint density at radius 2 is 1.90 bits per heavy atom. The Morgan fingerprint density at radius 1 is 1.25 bits per heavy atom. The molecule has 1 aromatic carbocycles. The van der Waals surface area contributed by atoms with E-state index in [-0.39, 0.29) is 24.0 Å². The van der Waals surface area contributed by atoms with Gasteiger partial charge >= 0.3 is 0 Å². The SMILES string of the molecule is CN=C(NCCCc1ccc(OC)cc1)NC(C)C.I. The number of hydrogen-bond acceptors (Lipinski definition) is 2. The first-order valence-electron chi connectivity index (χ1n) is 6.76. The molecule has 0 radical (unpaired) electrons. The third kappa shape index (κ3) is 7.57. The van der Waals surface area contributed by atoms with Gasteiger partial charge in [-0.05, 0) is 44.4 Å². The molecule has 20 heavy (non-hydrogen) atoms. The van der Waals surface area contributed by atoms with Gasteiger partial charge in [0.2, 0.25) is 0 Å². The minimum atomic E-state index is 0. The van der Waals surface area contributed by atoms with Crippen molar-refractivity contribution in [1.82, 2.24) is 10.6 Å². The summed E-state index contributed by atoms with van der Waals surface area (Å²) in [5, 5.41) is 6.57. The lowest BCUT2D eigenvalue weighted by atomic mass is 10.1. The lowest BCUT2D eigenvalue weighted by Gasteiger charge is -2.14. The number of hydrogen-bond donors (Lipinski definition) is 2. The van der Waals surface area contributed by atoms with E-state index in [9.17, 15) is 0 Å². The minimum absolute atomic E-state index is 0. The number of aryl methyl sites for hydroxylation is 1. The second-order valence-electron chi connectivity index (χ2n) is 4.75. The van der Waals surface area contributed by atoms with E-state index in [4.69, 9.17) is 4.74 Å². The molecule has 0 unspecified atom stereocenters. The molecule has 2 N–H and O–H groups in total. The predicted octanol–water partition coefficient (Wildman–Crippen LogP) is 2.82. The van der Waals surface area contributed by atoms with Gasteiger partial charge in [-0.3, -0.25) is 4.99 Å². The van der Waals surface area contributed by atoms with Gasteiger partial charge in [0.05, 0.1) is 7.11 Å². The van der Waals surface area contributed by atoms with Crippen LogP contribution in [0.1, 0.15) is 25.8 Å². The lowest BCUT2D eigenvalue weighted by molar-refractivity contribution is 0.414. The molecule has 0 fully saturated rings. The molecule has 0 aliphatic rings. The highest BCUT2D eigenvalue weighted by Crippen LogP contribution is 2.12. The fraction of sp³-hybridized carbons (Fsp3) is 0.533. The van der Waals surface area contributed by atoms with Gasteiger partial charge in [-0.25, -0.2) is 0 Å². The van der Waals surface area contributed by atoms with Crippen molar-refractivity contribution < 1.29 is 4.74 Å². The molecule has 4 nitrogen and oxygen atoms in total. The van der Waals surface area contributed by atoms with Crippen LogP contribution in [0.4, 0.5) is 0 Å². The molecule has 0 aliphatic heterocycles. The van der Waals surface area contributed by atoms with Crippen LogP contribution in [0, 0.1) is 0 Å². The van der Waals surface area contributed by atoms with Crippen molar-refractivity contribution >= 4 is 29.9 Å². The highest BCUT2D eigenvalue weighted by Gasteiger charge is 1.99. The molecule has 1 aromatic rings. The Bertz CT molecular complexity index is 391. The molecule has 114 valence electrons. The van der Waals surface area contributed by atoms with Crippen LogP contribution in [0.5, 0.6) is 5.75 Å². The molecule has 5 heteroatoms. The molecule has 0 atom stereocenters. The standard InChI is InChI=1S/C15H25N3O.HI/c1-12(2)18-15(16-3)17-11-5-6-13-7-9-14(19-4)10-8-13;/h7-10,12H,5-6,11H2,1-4H3,(H2,16,17,18);1H. The minimum Gasteiger partial charge on any atom is -0.497 e. The Hall–Kier alpha value is -0.980. The molecule has 0 amide bonds. The molecule has 0 saturated carbocycles. The molecule has 1 rings (SSSR count). The van der Waals surface area contributed by atoms with Gasteiger partial charge in [-0.2, -0.15) is 0 Å². The zero-order chi connectivity index (χ0) is 14.1. The number of methoxy groups -OCH3 is 1. The van der Waals surface area contributed by atoms with Crippen molar-refractivity contribution in [3.8, 4) is 5.75 Å². The largest absolute Gasteiger partial charge is 0.497 e. The number of benzene rings is 1. The van der Waals surface area contributed by atoms with Crippen molar-refractivity contribution in [2.24, 2.45) is 4.99 Å². The smallest absolute Gasteiger partial charge is 0.191 e. The van der Waals surface area contributed by atoms with Gasteiger partial charge < -0.3 is 15.4 Å². The van der Waals surface area contributed by atoms with Gasteiger partial charge in [0, 0.05) is 19.6 Å². The van der Waals surface area contributed by atoms with Crippen LogP contribution >= 0.6 is 24.0 Å². The fourth-order valence-electron chi connectivity index (χ4n) is 1.76. The molecular formula is C15H26IN3O. The van der Waals surface area contributed by atoms with E-state index in [1.165, 1.54) is 5.56 Å². The summed E-state index contributed by atoms with van der Waals surface area (Å²) < 4.78 is 5.14. The summed E-state index contributed by atoms with van der Waals surface area (Å²) in [4.78, 5) is 4.17. The number of aliphatic imine (C=N–C) groups is 1. The normalized spacial score (nSPS) is 10.9. The van der Waals surface area contributed by atoms with Crippen molar-refractivity contribution in [1.29, 1.82) is 0 Å². The number of rotatable bonds is 6. The average Bonchev–Trinajstić information content (AvgIpc) is 2.42. The van der Waals surface area contributed by atoms with Gasteiger partial charge in [0.1, 0.15) is 5.75 Å². The Kier molecular flexibility index (Phi) is 10.2. The molecule has 0 bridgehead atoms. The topological polar surface area (TPSA) is 45.7 Å². The summed E-state index contributed by atoms with van der Waals surface area (Å²) in [5.41, 5.74) is 1.33. The Balaban J connectivity index is 0.00000361. The summed E-state index contributed by atoms with van der Waals surface area (Å²) in [6.07, 6.45) is 2.13. The zero-order valence-electron chi connectivity index (χ0n) is 12.8. The van der Waals surface area contributed by atoms with Crippen LogP contribution in [-0.4, -0.2) is 32.7 Å². The second kappa shape index (κ2) is 10.8. The second-order valence-corrected chi connectivity index (χ2v) is 4.75. The van der Waals surface area contributed by atoms with Crippen LogP contribution in [0.15, 0.2) is 29.3 Å². The number of halogens is 1. The van der Waals surface area contributed by atoms with E-state index in [2.05, 4.69) is 41.6 Å². The van der Waals surface area contributed by atoms with E-state index in [0.29, 0.717) is 6.04 Å². The Labute approximate surface area is 139 Å². The third-order valence-electron chi connectivity index (χ3n) is 2.74. The highest BCUT2D eigenvalue weighted by atomic mass is 127. The maximum atomic E-state index is 5.14. The maximum Gasteiger partial charge on any atom is 0.191 e. The van der Waals surface area contributed by atoms with Crippen LogP contribution in [-0.2, 0) is 6.42 Å². The zero-order valence-corrected chi connectivity index (χ0v) is 15.1. The monoisotopic (exact) mass is 391 g/mol. The summed E-state index contributed by atoms with van der Waals surface area (Å²) in [7, 11) is 3.48. The van der Waals surface area contributed by atoms with Crippen molar-refractivity contribution in [3.63, 3.8) is 0 Å². The van der Waals surface area contributed by atoms with Crippen molar-refractivity contribution in [2.45, 2.75) is 32.7 Å². The third-order valence-corrected chi connectivity index (χ3v) is 2.74. The van der Waals surface area contributed by atoms with Crippen LogP contribution in [0.3, 0.4) is 0 Å². The molecular weight excluding hydrogens is 365 g/mol. The first-order chi connectivity index (χ1) is 9.15. The van der Waals surface area contributed by atoms with E-state index in [0.717, 1.165) is 31.1 Å². The number of ether oxygens (including phenoxy) is 1. The average molecular weight is 391 g/mol. The van der Waals surface area contributed by atoms with Crippen LogP contribution < -0.4 is 15.4 Å². The summed E-state index contributed by atoms with van der Waals surface area (Å²) in [6, 6.07) is 8.62. The summed E-state index contributed by atoms with van der Waals surface area (Å²) in [6.45, 7) is 5.12. The van der Waals surface area contributed by atoms with Gasteiger partial charge in [-0.1, -0.05) is 12.1 Å².